The Morgan fingerprint density at radius 2 is 2.00 bits per heavy atom. The summed E-state index contributed by atoms with van der Waals surface area (Å²) in [7, 11) is 3.35. The van der Waals surface area contributed by atoms with E-state index in [2.05, 4.69) is 19.2 Å². The zero-order chi connectivity index (χ0) is 13.9. The molecule has 0 rings (SSSR count). The summed E-state index contributed by atoms with van der Waals surface area (Å²) in [5, 5.41) is 2.66. The van der Waals surface area contributed by atoms with Crippen molar-refractivity contribution in [1.29, 1.82) is 0 Å². The average Bonchev–Trinajstić information content (AvgIpc) is 2.33. The van der Waals surface area contributed by atoms with E-state index in [4.69, 9.17) is 15.2 Å². The van der Waals surface area contributed by atoms with Crippen LogP contribution in [0.1, 0.15) is 20.8 Å². The summed E-state index contributed by atoms with van der Waals surface area (Å²) < 4.78 is 10.6. The molecule has 1 amide bonds. The van der Waals surface area contributed by atoms with Crippen molar-refractivity contribution in [3.8, 4) is 0 Å². The molecule has 0 spiro atoms. The van der Waals surface area contributed by atoms with Gasteiger partial charge in [-0.1, -0.05) is 21.6 Å². The van der Waals surface area contributed by atoms with E-state index in [1.165, 1.54) is 0 Å². The van der Waals surface area contributed by atoms with Crippen molar-refractivity contribution in [3.05, 3.63) is 0 Å². The Balaban J connectivity index is 3.24. The largest absolute Gasteiger partial charge is 0.369 e. The number of carbonyl (C=O) groups excluding carboxylic acids is 1. The number of carbonyl (C=O) groups is 1. The first-order valence-electron chi connectivity index (χ1n) is 5.94. The molecule has 0 saturated carbocycles. The van der Waals surface area contributed by atoms with Crippen LogP contribution in [0.5, 0.6) is 0 Å². The van der Waals surface area contributed by atoms with Gasteiger partial charge in [-0.2, -0.15) is 0 Å². The van der Waals surface area contributed by atoms with E-state index in [1.807, 2.05) is 6.92 Å². The van der Waals surface area contributed by atoms with Crippen LogP contribution in [0.15, 0.2) is 0 Å². The minimum absolute atomic E-state index is 0.0722. The fraction of sp³-hybridized carbons (Fsp3) is 0.909. The Kier molecular flexibility index (Phi) is 11.0. The van der Waals surface area contributed by atoms with Crippen molar-refractivity contribution < 1.29 is 14.3 Å². The maximum absolute atomic E-state index is 11.0. The normalized spacial score (nSPS) is 11.6. The summed E-state index contributed by atoms with van der Waals surface area (Å²) in [6, 6.07) is 0. The standard InChI is InChI=1S/C11H24N2O3S2/c1-4-13-10(14)7-15-5-6-16-9-17-18-11(2,3)8-12/h4-9,12H2,1-3H3,(H,13,14). The van der Waals surface area contributed by atoms with Crippen LogP contribution in [0, 0.1) is 0 Å². The monoisotopic (exact) mass is 296 g/mol. The Morgan fingerprint density at radius 1 is 1.33 bits per heavy atom. The van der Waals surface area contributed by atoms with Gasteiger partial charge in [-0.05, 0) is 20.8 Å². The predicted octanol–water partition coefficient (Wildman–Crippen LogP) is 1.23. The third kappa shape index (κ3) is 11.2. The van der Waals surface area contributed by atoms with Crippen LogP contribution in [0.3, 0.4) is 0 Å². The first kappa shape index (κ1) is 18.0. The second-order valence-electron chi connectivity index (χ2n) is 4.20. The molecular weight excluding hydrogens is 272 g/mol. The van der Waals surface area contributed by atoms with Crippen LogP contribution in [0.2, 0.25) is 0 Å². The fourth-order valence-electron chi connectivity index (χ4n) is 0.841. The van der Waals surface area contributed by atoms with Crippen molar-refractivity contribution in [2.45, 2.75) is 25.5 Å². The minimum Gasteiger partial charge on any atom is -0.369 e. The van der Waals surface area contributed by atoms with Gasteiger partial charge in [0.2, 0.25) is 5.91 Å². The third-order valence-corrected chi connectivity index (χ3v) is 4.88. The minimum atomic E-state index is -0.0906. The van der Waals surface area contributed by atoms with Crippen molar-refractivity contribution >= 4 is 27.5 Å². The zero-order valence-corrected chi connectivity index (χ0v) is 13.0. The van der Waals surface area contributed by atoms with Crippen LogP contribution in [0.4, 0.5) is 0 Å². The van der Waals surface area contributed by atoms with Gasteiger partial charge in [0.1, 0.15) is 12.5 Å². The molecule has 0 aliphatic rings. The summed E-state index contributed by atoms with van der Waals surface area (Å²) in [5.41, 5.74) is 5.61. The van der Waals surface area contributed by atoms with E-state index in [0.29, 0.717) is 32.2 Å². The molecule has 18 heavy (non-hydrogen) atoms. The van der Waals surface area contributed by atoms with E-state index < -0.39 is 0 Å². The lowest BCUT2D eigenvalue weighted by Crippen LogP contribution is -2.27. The van der Waals surface area contributed by atoms with E-state index in [9.17, 15) is 4.79 Å². The van der Waals surface area contributed by atoms with Crippen LogP contribution < -0.4 is 11.1 Å². The number of rotatable bonds is 11. The van der Waals surface area contributed by atoms with E-state index in [-0.39, 0.29) is 17.3 Å². The number of nitrogens with one attached hydrogen (secondary N) is 1. The van der Waals surface area contributed by atoms with Crippen molar-refractivity contribution in [3.63, 3.8) is 0 Å². The highest BCUT2D eigenvalue weighted by molar-refractivity contribution is 8.77. The van der Waals surface area contributed by atoms with Gasteiger partial charge in [-0.25, -0.2) is 0 Å². The number of hydrogen-bond donors (Lipinski definition) is 2. The molecule has 3 N–H and O–H groups in total. The lowest BCUT2D eigenvalue weighted by atomic mass is 10.2. The second-order valence-corrected chi connectivity index (χ2v) is 7.15. The Labute approximate surface area is 117 Å². The number of hydrogen-bond acceptors (Lipinski definition) is 6. The summed E-state index contributed by atoms with van der Waals surface area (Å²) in [4.78, 5) is 11.0. The molecule has 0 aliphatic carbocycles. The molecule has 0 aromatic carbocycles. The van der Waals surface area contributed by atoms with Crippen molar-refractivity contribution in [2.24, 2.45) is 5.73 Å². The smallest absolute Gasteiger partial charge is 0.245 e. The van der Waals surface area contributed by atoms with Crippen LogP contribution in [0.25, 0.3) is 0 Å². The molecule has 5 nitrogen and oxygen atoms in total. The van der Waals surface area contributed by atoms with Gasteiger partial charge < -0.3 is 20.5 Å². The van der Waals surface area contributed by atoms with Gasteiger partial charge in [0.05, 0.1) is 13.2 Å². The molecule has 0 unspecified atom stereocenters. The average molecular weight is 296 g/mol. The summed E-state index contributed by atoms with van der Waals surface area (Å²) in [6.45, 7) is 8.36. The molecule has 0 aliphatic heterocycles. The first-order chi connectivity index (χ1) is 8.52. The van der Waals surface area contributed by atoms with E-state index in [1.54, 1.807) is 21.6 Å². The summed E-state index contributed by atoms with van der Waals surface area (Å²) in [6.07, 6.45) is 0. The Morgan fingerprint density at radius 3 is 2.61 bits per heavy atom. The number of amides is 1. The zero-order valence-electron chi connectivity index (χ0n) is 11.4. The van der Waals surface area contributed by atoms with Crippen LogP contribution >= 0.6 is 21.6 Å². The maximum Gasteiger partial charge on any atom is 0.245 e. The summed E-state index contributed by atoms with van der Waals surface area (Å²) >= 11 is 0. The number of likely N-dealkylation sites (N-methyl/N-ethyl adjacent to an activating group) is 1. The topological polar surface area (TPSA) is 73.6 Å². The molecular formula is C11H24N2O3S2. The molecule has 0 fully saturated rings. The fourth-order valence-corrected chi connectivity index (χ4v) is 2.97. The van der Waals surface area contributed by atoms with Crippen LogP contribution in [-0.4, -0.2) is 49.5 Å². The van der Waals surface area contributed by atoms with Gasteiger partial charge in [0.15, 0.2) is 0 Å². The highest BCUT2D eigenvalue weighted by Gasteiger charge is 2.15. The molecule has 0 radical (unpaired) electrons. The molecule has 0 bridgehead atoms. The van der Waals surface area contributed by atoms with Gasteiger partial charge in [0, 0.05) is 17.8 Å². The first-order valence-corrected chi connectivity index (χ1v) is 8.26. The number of nitrogens with two attached hydrogens (primary N) is 1. The third-order valence-electron chi connectivity index (χ3n) is 1.89. The SMILES string of the molecule is CCNC(=O)COCCOCSSC(C)(C)CN. The summed E-state index contributed by atoms with van der Waals surface area (Å²) in [5.74, 6) is 0.505. The molecule has 0 heterocycles. The molecule has 0 atom stereocenters. The predicted molar refractivity (Wildman–Crippen MR) is 78.6 cm³/mol. The quantitative estimate of drug-likeness (QED) is 0.339. The highest BCUT2D eigenvalue weighted by Crippen LogP contribution is 2.34. The second kappa shape index (κ2) is 10.9. The lowest BCUT2D eigenvalue weighted by molar-refractivity contribution is -0.126. The lowest BCUT2D eigenvalue weighted by Gasteiger charge is -2.20. The van der Waals surface area contributed by atoms with E-state index >= 15 is 0 Å². The Bertz CT molecular complexity index is 228. The number of ether oxygens (including phenoxy) is 2. The molecule has 0 aromatic heterocycles. The molecule has 0 saturated heterocycles. The van der Waals surface area contributed by atoms with Gasteiger partial charge >= 0.3 is 0 Å². The van der Waals surface area contributed by atoms with Gasteiger partial charge in [-0.15, -0.1) is 0 Å². The van der Waals surface area contributed by atoms with Crippen molar-refractivity contribution in [1.82, 2.24) is 5.32 Å². The highest BCUT2D eigenvalue weighted by atomic mass is 33.1. The van der Waals surface area contributed by atoms with Crippen LogP contribution in [-0.2, 0) is 14.3 Å². The molecule has 0 aromatic rings. The molecule has 108 valence electrons. The van der Waals surface area contributed by atoms with Gasteiger partial charge in [-0.3, -0.25) is 4.79 Å². The van der Waals surface area contributed by atoms with Gasteiger partial charge in [0.25, 0.3) is 0 Å². The maximum atomic E-state index is 11.0. The van der Waals surface area contributed by atoms with E-state index in [0.717, 1.165) is 0 Å². The van der Waals surface area contributed by atoms with Crippen molar-refractivity contribution in [2.75, 3.05) is 38.8 Å². The Hall–Kier alpha value is 0.0500. The molecule has 7 heteroatoms.